The van der Waals surface area contributed by atoms with Crippen molar-refractivity contribution in [2.24, 2.45) is 5.92 Å². The van der Waals surface area contributed by atoms with Gasteiger partial charge < -0.3 is 10.2 Å². The Morgan fingerprint density at radius 3 is 2.74 bits per heavy atom. The van der Waals surface area contributed by atoms with Gasteiger partial charge in [0.2, 0.25) is 5.95 Å². The normalized spacial score (nSPS) is 13.4. The summed E-state index contributed by atoms with van der Waals surface area (Å²) < 4.78 is 14.5. The van der Waals surface area contributed by atoms with Crippen LogP contribution in [0, 0.1) is 11.7 Å². The number of rotatable bonds is 5. The van der Waals surface area contributed by atoms with Crippen LogP contribution in [-0.2, 0) is 0 Å². The molecule has 2 heterocycles. The van der Waals surface area contributed by atoms with Crippen LogP contribution in [0.2, 0.25) is 0 Å². The van der Waals surface area contributed by atoms with Gasteiger partial charge in [-0.25, -0.2) is 8.91 Å². The Hall–Kier alpha value is -1.69. The van der Waals surface area contributed by atoms with Crippen molar-refractivity contribution in [1.29, 1.82) is 0 Å². The summed E-state index contributed by atoms with van der Waals surface area (Å²) in [5.74, 6) is 0.662. The molecule has 5 nitrogen and oxygen atoms in total. The molecule has 2 rings (SSSR count). The summed E-state index contributed by atoms with van der Waals surface area (Å²) in [5.41, 5.74) is 0.635. The fourth-order valence-corrected chi connectivity index (χ4v) is 1.90. The second-order valence-corrected chi connectivity index (χ2v) is 5.34. The average Bonchev–Trinajstić information content (AvgIpc) is 2.68. The van der Waals surface area contributed by atoms with E-state index in [2.05, 4.69) is 34.1 Å². The highest BCUT2D eigenvalue weighted by atomic mass is 19.1. The smallest absolute Gasteiger partial charge is 0.243 e. The Labute approximate surface area is 112 Å². The van der Waals surface area contributed by atoms with Gasteiger partial charge in [-0.05, 0) is 32.1 Å². The molecular weight excluding hydrogens is 245 g/mol. The van der Waals surface area contributed by atoms with Gasteiger partial charge in [-0.2, -0.15) is 4.98 Å². The van der Waals surface area contributed by atoms with Crippen LogP contribution in [0.3, 0.4) is 0 Å². The van der Waals surface area contributed by atoms with Gasteiger partial charge in [-0.1, -0.05) is 13.8 Å². The number of hydrogen-bond donors (Lipinski definition) is 1. The fourth-order valence-electron chi connectivity index (χ4n) is 1.90. The lowest BCUT2D eigenvalue weighted by Crippen LogP contribution is -2.36. The van der Waals surface area contributed by atoms with Gasteiger partial charge in [0.05, 0.1) is 6.20 Å². The SMILES string of the molecule is CC(C)C(CN(C)C)Nc1nc2ccc(F)cn2n1. The molecule has 0 amide bonds. The molecule has 2 aromatic rings. The number of anilines is 1. The highest BCUT2D eigenvalue weighted by molar-refractivity contribution is 5.43. The summed E-state index contributed by atoms with van der Waals surface area (Å²) in [6.07, 6.45) is 1.32. The van der Waals surface area contributed by atoms with Gasteiger partial charge in [-0.15, -0.1) is 5.10 Å². The molecule has 104 valence electrons. The van der Waals surface area contributed by atoms with Crippen LogP contribution in [0.25, 0.3) is 5.65 Å². The van der Waals surface area contributed by atoms with Crippen molar-refractivity contribution in [2.75, 3.05) is 26.0 Å². The minimum atomic E-state index is -0.322. The first-order valence-electron chi connectivity index (χ1n) is 6.39. The Morgan fingerprint density at radius 1 is 1.37 bits per heavy atom. The Bertz CT molecular complexity index is 549. The predicted molar refractivity (Wildman–Crippen MR) is 73.7 cm³/mol. The summed E-state index contributed by atoms with van der Waals surface area (Å²) in [6.45, 7) is 5.19. The fraction of sp³-hybridized carbons (Fsp3) is 0.538. The standard InChI is InChI=1S/C13H20FN5/c1-9(2)11(8-18(3)4)15-13-16-12-6-5-10(14)7-19(12)17-13/h5-7,9,11H,8H2,1-4H3,(H,15,17). The molecule has 2 aromatic heterocycles. The van der Waals surface area contributed by atoms with Crippen molar-refractivity contribution in [3.05, 3.63) is 24.1 Å². The molecule has 19 heavy (non-hydrogen) atoms. The van der Waals surface area contributed by atoms with Crippen molar-refractivity contribution in [3.8, 4) is 0 Å². The minimum absolute atomic E-state index is 0.247. The van der Waals surface area contributed by atoms with E-state index in [0.717, 1.165) is 6.54 Å². The van der Waals surface area contributed by atoms with Crippen LogP contribution in [0.15, 0.2) is 18.3 Å². The van der Waals surface area contributed by atoms with Crippen LogP contribution in [0.1, 0.15) is 13.8 Å². The third-order valence-electron chi connectivity index (χ3n) is 2.98. The van der Waals surface area contributed by atoms with Crippen LogP contribution >= 0.6 is 0 Å². The highest BCUT2D eigenvalue weighted by Crippen LogP contribution is 2.12. The van der Waals surface area contributed by atoms with Gasteiger partial charge in [0, 0.05) is 12.6 Å². The van der Waals surface area contributed by atoms with E-state index in [4.69, 9.17) is 0 Å². The molecule has 0 aliphatic rings. The lowest BCUT2D eigenvalue weighted by molar-refractivity contribution is 0.343. The molecule has 1 unspecified atom stereocenters. The molecule has 0 aliphatic carbocycles. The number of halogens is 1. The summed E-state index contributed by atoms with van der Waals surface area (Å²) in [6, 6.07) is 3.24. The van der Waals surface area contributed by atoms with Gasteiger partial charge in [0.15, 0.2) is 5.65 Å². The Kier molecular flexibility index (Phi) is 3.99. The zero-order valence-electron chi connectivity index (χ0n) is 11.8. The highest BCUT2D eigenvalue weighted by Gasteiger charge is 2.16. The van der Waals surface area contributed by atoms with Crippen molar-refractivity contribution < 1.29 is 4.39 Å². The summed E-state index contributed by atoms with van der Waals surface area (Å²) in [5, 5.41) is 7.55. The molecule has 0 bridgehead atoms. The van der Waals surface area contributed by atoms with Crippen molar-refractivity contribution in [1.82, 2.24) is 19.5 Å². The molecule has 0 aliphatic heterocycles. The maximum Gasteiger partial charge on any atom is 0.243 e. The van der Waals surface area contributed by atoms with Gasteiger partial charge in [-0.3, -0.25) is 0 Å². The van der Waals surface area contributed by atoms with Crippen LogP contribution in [0.4, 0.5) is 10.3 Å². The maximum atomic E-state index is 13.1. The van der Waals surface area contributed by atoms with E-state index in [1.165, 1.54) is 16.8 Å². The molecule has 0 aromatic carbocycles. The monoisotopic (exact) mass is 265 g/mol. The van der Waals surface area contributed by atoms with Gasteiger partial charge >= 0.3 is 0 Å². The molecule has 0 spiro atoms. The topological polar surface area (TPSA) is 45.5 Å². The molecule has 0 radical (unpaired) electrons. The number of aromatic nitrogens is 3. The lowest BCUT2D eigenvalue weighted by atomic mass is 10.0. The lowest BCUT2D eigenvalue weighted by Gasteiger charge is -2.24. The molecule has 1 N–H and O–H groups in total. The zero-order valence-corrected chi connectivity index (χ0v) is 11.8. The van der Waals surface area contributed by atoms with Crippen molar-refractivity contribution in [3.63, 3.8) is 0 Å². The molecule has 6 heteroatoms. The predicted octanol–water partition coefficient (Wildman–Crippen LogP) is 1.87. The van der Waals surface area contributed by atoms with E-state index in [1.807, 2.05) is 14.1 Å². The Morgan fingerprint density at radius 2 is 2.11 bits per heavy atom. The second kappa shape index (κ2) is 5.52. The first-order valence-corrected chi connectivity index (χ1v) is 6.39. The van der Waals surface area contributed by atoms with E-state index in [0.29, 0.717) is 17.5 Å². The zero-order chi connectivity index (χ0) is 14.0. The molecule has 1 atom stereocenters. The molecular formula is C13H20FN5. The number of nitrogens with one attached hydrogen (secondary N) is 1. The third-order valence-corrected chi connectivity index (χ3v) is 2.98. The maximum absolute atomic E-state index is 13.1. The van der Waals surface area contributed by atoms with Crippen molar-refractivity contribution in [2.45, 2.75) is 19.9 Å². The van der Waals surface area contributed by atoms with E-state index in [1.54, 1.807) is 6.07 Å². The molecule has 0 saturated heterocycles. The van der Waals surface area contributed by atoms with Gasteiger partial charge in [0.25, 0.3) is 0 Å². The Balaban J connectivity index is 2.19. The summed E-state index contributed by atoms with van der Waals surface area (Å²) >= 11 is 0. The quantitative estimate of drug-likeness (QED) is 0.896. The number of nitrogens with zero attached hydrogens (tertiary/aromatic N) is 4. The van der Waals surface area contributed by atoms with Crippen LogP contribution < -0.4 is 5.32 Å². The first kappa shape index (κ1) is 13.7. The number of likely N-dealkylation sites (N-methyl/N-ethyl adjacent to an activating group) is 1. The third kappa shape index (κ3) is 3.41. The number of fused-ring (bicyclic) bond motifs is 1. The molecule has 0 saturated carbocycles. The summed E-state index contributed by atoms with van der Waals surface area (Å²) in [4.78, 5) is 6.46. The first-order chi connectivity index (χ1) is 8.95. The average molecular weight is 265 g/mol. The van der Waals surface area contributed by atoms with Crippen molar-refractivity contribution >= 4 is 11.6 Å². The minimum Gasteiger partial charge on any atom is -0.349 e. The molecule has 0 fully saturated rings. The van der Waals surface area contributed by atoms with E-state index in [9.17, 15) is 4.39 Å². The van der Waals surface area contributed by atoms with Crippen LogP contribution in [0.5, 0.6) is 0 Å². The number of pyridine rings is 1. The van der Waals surface area contributed by atoms with Gasteiger partial charge in [0.1, 0.15) is 5.82 Å². The van der Waals surface area contributed by atoms with E-state index < -0.39 is 0 Å². The number of hydrogen-bond acceptors (Lipinski definition) is 4. The second-order valence-electron chi connectivity index (χ2n) is 5.34. The summed E-state index contributed by atoms with van der Waals surface area (Å²) in [7, 11) is 4.06. The van der Waals surface area contributed by atoms with E-state index >= 15 is 0 Å². The largest absolute Gasteiger partial charge is 0.349 e. The van der Waals surface area contributed by atoms with Crippen LogP contribution in [-0.4, -0.2) is 46.2 Å². The van der Waals surface area contributed by atoms with E-state index in [-0.39, 0.29) is 11.9 Å².